The maximum Gasteiger partial charge on any atom is 0.258 e. The molecule has 1 N–H and O–H groups in total. The van der Waals surface area contributed by atoms with E-state index in [1.807, 2.05) is 13.8 Å². The van der Waals surface area contributed by atoms with E-state index >= 15 is 0 Å². The van der Waals surface area contributed by atoms with Gasteiger partial charge in [-0.05, 0) is 38.8 Å². The third kappa shape index (κ3) is 3.00. The van der Waals surface area contributed by atoms with Crippen molar-refractivity contribution in [1.82, 2.24) is 24.8 Å². The van der Waals surface area contributed by atoms with Gasteiger partial charge in [-0.3, -0.25) is 4.79 Å². The lowest BCUT2D eigenvalue weighted by atomic mass is 9.97. The van der Waals surface area contributed by atoms with Crippen molar-refractivity contribution in [2.24, 2.45) is 0 Å². The number of aryl methyl sites for hydroxylation is 2. The first kappa shape index (κ1) is 19.9. The summed E-state index contributed by atoms with van der Waals surface area (Å²) in [6.07, 6.45) is 3.03. The van der Waals surface area contributed by atoms with Crippen LogP contribution < -0.4 is 10.1 Å². The molecule has 2 aromatic heterocycles. The van der Waals surface area contributed by atoms with Crippen molar-refractivity contribution in [1.29, 1.82) is 0 Å². The van der Waals surface area contributed by atoms with E-state index in [-0.39, 0.29) is 18.1 Å². The zero-order valence-corrected chi connectivity index (χ0v) is 18.6. The number of nitrogens with one attached hydrogen (secondary N) is 1. The molecule has 1 amide bonds. The van der Waals surface area contributed by atoms with Gasteiger partial charge in [-0.2, -0.15) is 5.10 Å². The number of ether oxygens (including phenoxy) is 1. The van der Waals surface area contributed by atoms with Crippen LogP contribution in [0.25, 0.3) is 5.65 Å². The average molecular weight is 456 g/mol. The molecule has 3 aliphatic rings. The fraction of sp³-hybridized carbons (Fsp3) is 0.435. The highest BCUT2D eigenvalue weighted by Crippen LogP contribution is 2.35. The molecular weight excluding hydrogens is 433 g/mol. The van der Waals surface area contributed by atoms with Gasteiger partial charge in [0.25, 0.3) is 5.91 Å². The SMILES string of the molecule is Cc1nc2c3c(nn2c(C)c1Cl)CN(C(=O)c1ccc(F)cc1O[C@H]1CC2CCC1N2)C3. The van der Waals surface area contributed by atoms with Crippen molar-refractivity contribution in [3.63, 3.8) is 0 Å². The third-order valence-corrected chi connectivity index (χ3v) is 7.48. The molecule has 7 nitrogen and oxygen atoms in total. The summed E-state index contributed by atoms with van der Waals surface area (Å²) in [6, 6.07) is 4.86. The molecule has 0 saturated carbocycles. The molecular formula is C23H23ClFN5O2. The molecule has 6 rings (SSSR count). The van der Waals surface area contributed by atoms with Gasteiger partial charge in [0.2, 0.25) is 0 Å². The van der Waals surface area contributed by atoms with Crippen LogP contribution in [0, 0.1) is 19.7 Å². The lowest BCUT2D eigenvalue weighted by Gasteiger charge is -2.24. The number of fused-ring (bicyclic) bond motifs is 5. The first-order valence-corrected chi connectivity index (χ1v) is 11.3. The van der Waals surface area contributed by atoms with Crippen LogP contribution in [-0.2, 0) is 13.1 Å². The van der Waals surface area contributed by atoms with Crippen molar-refractivity contribution in [3.8, 4) is 5.75 Å². The molecule has 166 valence electrons. The van der Waals surface area contributed by atoms with Gasteiger partial charge in [0.15, 0.2) is 5.65 Å². The number of carbonyl (C=O) groups excluding carboxylic acids is 1. The van der Waals surface area contributed by atoms with Crippen molar-refractivity contribution in [2.45, 2.75) is 64.4 Å². The maximum atomic E-state index is 14.0. The highest BCUT2D eigenvalue weighted by molar-refractivity contribution is 6.31. The molecule has 2 saturated heterocycles. The summed E-state index contributed by atoms with van der Waals surface area (Å²) in [5.74, 6) is -0.304. The molecule has 0 radical (unpaired) electrons. The molecule has 1 aromatic carbocycles. The zero-order chi connectivity index (χ0) is 22.1. The Morgan fingerprint density at radius 1 is 1.28 bits per heavy atom. The number of aromatic nitrogens is 3. The quantitative estimate of drug-likeness (QED) is 0.653. The van der Waals surface area contributed by atoms with E-state index in [0.29, 0.717) is 35.5 Å². The fourth-order valence-corrected chi connectivity index (χ4v) is 5.39. The minimum absolute atomic E-state index is 0.0398. The van der Waals surface area contributed by atoms with E-state index in [0.717, 1.165) is 47.6 Å². The smallest absolute Gasteiger partial charge is 0.258 e. The Morgan fingerprint density at radius 3 is 2.88 bits per heavy atom. The lowest BCUT2D eigenvalue weighted by Crippen LogP contribution is -2.33. The van der Waals surface area contributed by atoms with E-state index in [1.165, 1.54) is 18.2 Å². The number of rotatable bonds is 3. The summed E-state index contributed by atoms with van der Waals surface area (Å²) in [4.78, 5) is 19.7. The predicted octanol–water partition coefficient (Wildman–Crippen LogP) is 3.57. The summed E-state index contributed by atoms with van der Waals surface area (Å²) in [7, 11) is 0. The number of benzene rings is 1. The standard InChI is InChI=1S/C23H23ClFN5O2/c1-11-21(24)12(2)30-22(26-11)16-9-29(10-18(16)28-30)23(31)15-5-3-13(25)7-19(15)32-20-8-14-4-6-17(20)27-14/h3,5,7,14,17,20,27H,4,6,8-10H2,1-2H3/t14?,17?,20-/m0/s1. The van der Waals surface area contributed by atoms with Gasteiger partial charge >= 0.3 is 0 Å². The van der Waals surface area contributed by atoms with E-state index < -0.39 is 5.82 Å². The van der Waals surface area contributed by atoms with Gasteiger partial charge in [0, 0.05) is 30.1 Å². The summed E-state index contributed by atoms with van der Waals surface area (Å²) in [6.45, 7) is 4.51. The summed E-state index contributed by atoms with van der Waals surface area (Å²) in [5, 5.41) is 8.75. The normalized spacial score (nSPS) is 23.9. The van der Waals surface area contributed by atoms with Crippen molar-refractivity contribution in [2.75, 3.05) is 0 Å². The highest BCUT2D eigenvalue weighted by atomic mass is 35.5. The van der Waals surface area contributed by atoms with Crippen LogP contribution in [0.5, 0.6) is 5.75 Å². The second-order valence-corrected chi connectivity index (χ2v) is 9.38. The molecule has 0 aliphatic carbocycles. The van der Waals surface area contributed by atoms with Crippen LogP contribution in [0.3, 0.4) is 0 Å². The number of amides is 1. The number of nitrogens with zero attached hydrogens (tertiary/aromatic N) is 4. The molecule has 2 fully saturated rings. The largest absolute Gasteiger partial charge is 0.488 e. The Bertz CT molecular complexity index is 1280. The minimum Gasteiger partial charge on any atom is -0.488 e. The minimum atomic E-state index is -0.415. The number of carbonyl (C=O) groups is 1. The number of hydrogen-bond donors (Lipinski definition) is 1. The van der Waals surface area contributed by atoms with E-state index in [9.17, 15) is 9.18 Å². The van der Waals surface area contributed by atoms with Crippen LogP contribution in [-0.4, -0.2) is 43.6 Å². The lowest BCUT2D eigenvalue weighted by molar-refractivity contribution is 0.0740. The fourth-order valence-electron chi connectivity index (χ4n) is 5.26. The Kier molecular flexibility index (Phi) is 4.45. The molecule has 3 atom stereocenters. The maximum absolute atomic E-state index is 14.0. The van der Waals surface area contributed by atoms with E-state index in [2.05, 4.69) is 15.4 Å². The average Bonchev–Trinajstić information content (AvgIpc) is 3.53. The second-order valence-electron chi connectivity index (χ2n) is 9.00. The van der Waals surface area contributed by atoms with Gasteiger partial charge in [-0.15, -0.1) is 0 Å². The second kappa shape index (κ2) is 7.15. The molecule has 5 heterocycles. The van der Waals surface area contributed by atoms with Crippen molar-refractivity contribution in [3.05, 3.63) is 57.2 Å². The van der Waals surface area contributed by atoms with Crippen LogP contribution >= 0.6 is 11.6 Å². The Balaban J connectivity index is 1.29. The first-order chi connectivity index (χ1) is 15.4. The first-order valence-electron chi connectivity index (χ1n) is 10.9. The topological polar surface area (TPSA) is 71.8 Å². The molecule has 0 spiro atoms. The summed E-state index contributed by atoms with van der Waals surface area (Å²) >= 11 is 6.33. The summed E-state index contributed by atoms with van der Waals surface area (Å²) in [5.41, 5.74) is 4.38. The van der Waals surface area contributed by atoms with Gasteiger partial charge < -0.3 is 15.0 Å². The van der Waals surface area contributed by atoms with E-state index in [1.54, 1.807) is 9.42 Å². The summed E-state index contributed by atoms with van der Waals surface area (Å²) < 4.78 is 22.0. The van der Waals surface area contributed by atoms with Gasteiger partial charge in [0.1, 0.15) is 17.7 Å². The Hall–Kier alpha value is -2.71. The van der Waals surface area contributed by atoms with E-state index in [4.69, 9.17) is 16.3 Å². The van der Waals surface area contributed by atoms with Crippen molar-refractivity contribution >= 4 is 23.2 Å². The number of hydrogen-bond acceptors (Lipinski definition) is 5. The zero-order valence-electron chi connectivity index (χ0n) is 17.9. The van der Waals surface area contributed by atoms with Crippen LogP contribution in [0.2, 0.25) is 5.02 Å². The molecule has 3 aromatic rings. The molecule has 3 aliphatic heterocycles. The van der Waals surface area contributed by atoms with Gasteiger partial charge in [-0.1, -0.05) is 11.6 Å². The monoisotopic (exact) mass is 455 g/mol. The Labute approximate surface area is 189 Å². The molecule has 32 heavy (non-hydrogen) atoms. The third-order valence-electron chi connectivity index (χ3n) is 6.94. The molecule has 9 heteroatoms. The molecule has 2 unspecified atom stereocenters. The van der Waals surface area contributed by atoms with Gasteiger partial charge in [0.05, 0.1) is 40.8 Å². The van der Waals surface area contributed by atoms with Crippen LogP contribution in [0.15, 0.2) is 18.2 Å². The van der Waals surface area contributed by atoms with Crippen molar-refractivity contribution < 1.29 is 13.9 Å². The predicted molar refractivity (Wildman–Crippen MR) is 116 cm³/mol. The van der Waals surface area contributed by atoms with Gasteiger partial charge in [-0.25, -0.2) is 13.9 Å². The molecule has 2 bridgehead atoms. The van der Waals surface area contributed by atoms with Crippen LogP contribution in [0.1, 0.15) is 52.3 Å². The van der Waals surface area contributed by atoms with Crippen LogP contribution in [0.4, 0.5) is 4.39 Å². The Morgan fingerprint density at radius 2 is 2.12 bits per heavy atom. The highest BCUT2D eigenvalue weighted by Gasteiger charge is 2.41. The number of halogens is 2.